The first-order chi connectivity index (χ1) is 6.24. The summed E-state index contributed by atoms with van der Waals surface area (Å²) in [5.41, 5.74) is 0. The Morgan fingerprint density at radius 2 is 2.46 bits per heavy atom. The summed E-state index contributed by atoms with van der Waals surface area (Å²) in [6.07, 6.45) is 1.84. The molecule has 0 aliphatic carbocycles. The molecule has 0 aromatic carbocycles. The zero-order valence-corrected chi connectivity index (χ0v) is 7.30. The molecule has 1 atom stereocenters. The van der Waals surface area contributed by atoms with Crippen molar-refractivity contribution < 1.29 is 14.3 Å². The minimum absolute atomic E-state index is 0.0908. The molecule has 0 saturated carbocycles. The van der Waals surface area contributed by atoms with Crippen LogP contribution in [0.1, 0.15) is 13.2 Å². The molecule has 7 nitrogen and oxygen atoms in total. The van der Waals surface area contributed by atoms with Gasteiger partial charge in [-0.25, -0.2) is 4.79 Å². The first-order valence-corrected chi connectivity index (χ1v) is 3.58. The van der Waals surface area contributed by atoms with E-state index >= 15 is 0 Å². The van der Waals surface area contributed by atoms with Crippen molar-refractivity contribution in [1.29, 1.82) is 0 Å². The SMILES string of the molecule is COCC(=O)OC(C)n1[c]nnn1. The van der Waals surface area contributed by atoms with Gasteiger partial charge < -0.3 is 9.47 Å². The van der Waals surface area contributed by atoms with Crippen molar-refractivity contribution in [1.82, 2.24) is 20.2 Å². The molecule has 1 rings (SSSR count). The smallest absolute Gasteiger partial charge is 0.334 e. The Hall–Kier alpha value is -1.50. The van der Waals surface area contributed by atoms with Crippen molar-refractivity contribution in [3.8, 4) is 0 Å². The number of carbonyl (C=O) groups is 1. The topological polar surface area (TPSA) is 79.1 Å². The monoisotopic (exact) mass is 185 g/mol. The number of hydrogen-bond donors (Lipinski definition) is 0. The van der Waals surface area contributed by atoms with E-state index in [0.29, 0.717) is 0 Å². The predicted molar refractivity (Wildman–Crippen MR) is 39.3 cm³/mol. The lowest BCUT2D eigenvalue weighted by atomic mass is 10.6. The molecule has 0 aliphatic heterocycles. The van der Waals surface area contributed by atoms with E-state index in [1.165, 1.54) is 11.8 Å². The molecule has 1 radical (unpaired) electrons. The Morgan fingerprint density at radius 1 is 1.69 bits per heavy atom. The van der Waals surface area contributed by atoms with Gasteiger partial charge in [-0.3, -0.25) is 0 Å². The Kier molecular flexibility index (Phi) is 3.32. The third-order valence-electron chi connectivity index (χ3n) is 1.24. The van der Waals surface area contributed by atoms with E-state index < -0.39 is 12.2 Å². The van der Waals surface area contributed by atoms with Gasteiger partial charge in [-0.1, -0.05) is 0 Å². The van der Waals surface area contributed by atoms with Crippen molar-refractivity contribution in [2.45, 2.75) is 13.2 Å². The molecule has 1 aromatic rings. The fourth-order valence-corrected chi connectivity index (χ4v) is 0.695. The lowest BCUT2D eigenvalue weighted by molar-refractivity contribution is -0.157. The number of rotatable bonds is 4. The highest BCUT2D eigenvalue weighted by Crippen LogP contribution is 2.02. The average molecular weight is 185 g/mol. The van der Waals surface area contributed by atoms with E-state index in [4.69, 9.17) is 4.74 Å². The van der Waals surface area contributed by atoms with Crippen molar-refractivity contribution in [3.63, 3.8) is 0 Å². The van der Waals surface area contributed by atoms with E-state index in [9.17, 15) is 4.79 Å². The predicted octanol–water partition coefficient (Wildman–Crippen LogP) is -0.819. The summed E-state index contributed by atoms with van der Waals surface area (Å²) < 4.78 is 10.6. The summed E-state index contributed by atoms with van der Waals surface area (Å²) in [5.74, 6) is -0.473. The lowest BCUT2D eigenvalue weighted by Crippen LogP contribution is -2.18. The maximum absolute atomic E-state index is 10.9. The van der Waals surface area contributed by atoms with E-state index in [1.54, 1.807) is 6.92 Å². The van der Waals surface area contributed by atoms with Crippen LogP contribution in [0.2, 0.25) is 0 Å². The number of methoxy groups -OCH3 is 1. The number of nitrogens with zero attached hydrogens (tertiary/aromatic N) is 4. The molecule has 1 heterocycles. The molecule has 0 saturated heterocycles. The van der Waals surface area contributed by atoms with Crippen LogP contribution in [0.15, 0.2) is 0 Å². The molecule has 1 unspecified atom stereocenters. The number of aromatic nitrogens is 4. The molecule has 7 heteroatoms. The fourth-order valence-electron chi connectivity index (χ4n) is 0.695. The van der Waals surface area contributed by atoms with E-state index in [2.05, 4.69) is 26.6 Å². The summed E-state index contributed by atoms with van der Waals surface area (Å²) in [4.78, 5) is 10.9. The molecular formula is C6H9N4O3. The first kappa shape index (κ1) is 9.59. The summed E-state index contributed by atoms with van der Waals surface area (Å²) in [7, 11) is 1.41. The largest absolute Gasteiger partial charge is 0.438 e. The van der Waals surface area contributed by atoms with Gasteiger partial charge in [-0.05, 0) is 17.4 Å². The first-order valence-electron chi connectivity index (χ1n) is 3.58. The zero-order valence-electron chi connectivity index (χ0n) is 7.30. The molecule has 0 amide bonds. The van der Waals surface area contributed by atoms with Crippen LogP contribution < -0.4 is 0 Å². The highest BCUT2D eigenvalue weighted by molar-refractivity contribution is 5.70. The van der Waals surface area contributed by atoms with Crippen LogP contribution in [0.4, 0.5) is 0 Å². The third-order valence-corrected chi connectivity index (χ3v) is 1.24. The van der Waals surface area contributed by atoms with Crippen molar-refractivity contribution >= 4 is 5.97 Å². The number of carbonyl (C=O) groups excluding carboxylic acids is 1. The van der Waals surface area contributed by atoms with Gasteiger partial charge in [0.1, 0.15) is 6.61 Å². The molecule has 71 valence electrons. The summed E-state index contributed by atoms with van der Waals surface area (Å²) in [6, 6.07) is 0. The molecule has 0 fully saturated rings. The van der Waals surface area contributed by atoms with Gasteiger partial charge in [0.25, 0.3) is 0 Å². The summed E-state index contributed by atoms with van der Waals surface area (Å²) >= 11 is 0. The van der Waals surface area contributed by atoms with Crippen LogP contribution in [0, 0.1) is 6.33 Å². The van der Waals surface area contributed by atoms with Gasteiger partial charge >= 0.3 is 5.97 Å². The van der Waals surface area contributed by atoms with Crippen LogP contribution in [-0.4, -0.2) is 39.9 Å². The third kappa shape index (κ3) is 2.79. The standard InChI is InChI=1S/C6H9N4O3/c1-5(10-4-7-8-9-10)13-6(11)3-12-2/h5H,3H2,1-2H3. The summed E-state index contributed by atoms with van der Waals surface area (Å²) in [6.45, 7) is 1.53. The van der Waals surface area contributed by atoms with Crippen molar-refractivity contribution in [2.75, 3.05) is 13.7 Å². The molecule has 1 aromatic heterocycles. The molecule has 13 heavy (non-hydrogen) atoms. The molecule has 0 aliphatic rings. The fraction of sp³-hybridized carbons (Fsp3) is 0.667. The molecule has 0 spiro atoms. The summed E-state index contributed by atoms with van der Waals surface area (Å²) in [5, 5.41) is 10.1. The van der Waals surface area contributed by atoms with Crippen LogP contribution in [0.3, 0.4) is 0 Å². The van der Waals surface area contributed by atoms with Crippen molar-refractivity contribution in [3.05, 3.63) is 6.33 Å². The van der Waals surface area contributed by atoms with Crippen molar-refractivity contribution in [2.24, 2.45) is 0 Å². The van der Waals surface area contributed by atoms with Crippen LogP contribution >= 0.6 is 0 Å². The minimum atomic E-state index is -0.572. The van der Waals surface area contributed by atoms with Crippen LogP contribution in [0.5, 0.6) is 0 Å². The normalized spacial score (nSPS) is 12.5. The Labute approximate surface area is 74.6 Å². The second kappa shape index (κ2) is 4.51. The molecule has 0 N–H and O–H groups in total. The van der Waals surface area contributed by atoms with Gasteiger partial charge in [0.15, 0.2) is 6.23 Å². The zero-order chi connectivity index (χ0) is 9.68. The highest BCUT2D eigenvalue weighted by Gasteiger charge is 2.11. The lowest BCUT2D eigenvalue weighted by Gasteiger charge is -2.10. The number of esters is 1. The maximum atomic E-state index is 10.9. The van der Waals surface area contributed by atoms with Gasteiger partial charge in [0.05, 0.1) is 0 Å². The van der Waals surface area contributed by atoms with E-state index in [-0.39, 0.29) is 6.61 Å². The van der Waals surface area contributed by atoms with E-state index in [1.807, 2.05) is 0 Å². The quantitative estimate of drug-likeness (QED) is 0.570. The second-order valence-corrected chi connectivity index (χ2v) is 2.25. The van der Waals surface area contributed by atoms with Gasteiger partial charge in [0.2, 0.25) is 6.33 Å². The second-order valence-electron chi connectivity index (χ2n) is 2.25. The average Bonchev–Trinajstić information content (AvgIpc) is 2.55. The molecular weight excluding hydrogens is 176 g/mol. The van der Waals surface area contributed by atoms with Crippen LogP contribution in [-0.2, 0) is 14.3 Å². The number of hydrogen-bond acceptors (Lipinski definition) is 6. The number of tetrazole rings is 1. The number of ether oxygens (including phenoxy) is 2. The highest BCUT2D eigenvalue weighted by atomic mass is 16.6. The Morgan fingerprint density at radius 3 is 3.00 bits per heavy atom. The van der Waals surface area contributed by atoms with Gasteiger partial charge in [-0.2, -0.15) is 4.68 Å². The Bertz CT molecular complexity index is 261. The van der Waals surface area contributed by atoms with Crippen LogP contribution in [0.25, 0.3) is 0 Å². The van der Waals surface area contributed by atoms with Gasteiger partial charge in [-0.15, -0.1) is 5.10 Å². The van der Waals surface area contributed by atoms with Gasteiger partial charge in [0, 0.05) is 7.11 Å². The maximum Gasteiger partial charge on any atom is 0.334 e. The van der Waals surface area contributed by atoms with E-state index in [0.717, 1.165) is 0 Å². The Balaban J connectivity index is 2.42. The molecule has 0 bridgehead atoms. The minimum Gasteiger partial charge on any atom is -0.438 e.